The van der Waals surface area contributed by atoms with Crippen LogP contribution in [0.5, 0.6) is 0 Å². The van der Waals surface area contributed by atoms with Gasteiger partial charge in [0.25, 0.3) is 0 Å². The Bertz CT molecular complexity index is 380. The second-order valence-corrected chi connectivity index (χ2v) is 8.62. The van der Waals surface area contributed by atoms with Crippen LogP contribution in [0.15, 0.2) is 0 Å². The van der Waals surface area contributed by atoms with Crippen molar-refractivity contribution in [2.45, 2.75) is 40.5 Å². The first kappa shape index (κ1) is 8.16. The van der Waals surface area contributed by atoms with E-state index in [1.54, 1.807) is 12.8 Å². The molecule has 0 aromatic rings. The van der Waals surface area contributed by atoms with Crippen LogP contribution in [0.2, 0.25) is 0 Å². The molecule has 0 saturated heterocycles. The molecule has 0 nitrogen and oxygen atoms in total. The average Bonchev–Trinajstić information content (AvgIpc) is 2.23. The molecule has 0 bridgehead atoms. The molecular weight excluding hydrogens is 192 g/mol. The minimum Gasteiger partial charge on any atom is -0.0617 e. The van der Waals surface area contributed by atoms with Crippen molar-refractivity contribution >= 4 is 0 Å². The van der Waals surface area contributed by atoms with Gasteiger partial charge in [0.15, 0.2) is 0 Å². The number of fused-ring (bicyclic) bond motifs is 2. The van der Waals surface area contributed by atoms with Gasteiger partial charge in [-0.2, -0.15) is 0 Å². The first-order valence-electron chi connectivity index (χ1n) is 7.52. The SMILES string of the molecule is CC1C2CC3C4CC5C(C)C6(C)C1(C)C23C546. The van der Waals surface area contributed by atoms with E-state index in [2.05, 4.69) is 27.7 Å². The fraction of sp³-hybridized carbons (Fsp3) is 1.00. The van der Waals surface area contributed by atoms with Crippen molar-refractivity contribution in [1.29, 1.82) is 0 Å². The second kappa shape index (κ2) is 1.52. The zero-order valence-electron chi connectivity index (χ0n) is 10.9. The van der Waals surface area contributed by atoms with Crippen molar-refractivity contribution in [3.8, 4) is 0 Å². The van der Waals surface area contributed by atoms with Crippen molar-refractivity contribution < 1.29 is 0 Å². The highest BCUT2D eigenvalue weighted by atomic mass is 15.1. The summed E-state index contributed by atoms with van der Waals surface area (Å²) in [6.07, 6.45) is 3.25. The molecule has 10 unspecified atom stereocenters. The fourth-order valence-electron chi connectivity index (χ4n) is 10.3. The van der Waals surface area contributed by atoms with E-state index in [9.17, 15) is 0 Å². The van der Waals surface area contributed by atoms with Crippen LogP contribution in [-0.2, 0) is 0 Å². The van der Waals surface area contributed by atoms with Gasteiger partial charge < -0.3 is 0 Å². The molecule has 6 saturated carbocycles. The largest absolute Gasteiger partial charge is 0.0617 e. The average molecular weight is 214 g/mol. The summed E-state index contributed by atoms with van der Waals surface area (Å²) in [4.78, 5) is 0. The van der Waals surface area contributed by atoms with Crippen molar-refractivity contribution in [1.82, 2.24) is 0 Å². The van der Waals surface area contributed by atoms with Gasteiger partial charge in [0, 0.05) is 0 Å². The van der Waals surface area contributed by atoms with Crippen LogP contribution in [0.3, 0.4) is 0 Å². The topological polar surface area (TPSA) is 0 Å². The smallest absolute Gasteiger partial charge is 0.0106 e. The molecule has 0 aromatic heterocycles. The van der Waals surface area contributed by atoms with Crippen LogP contribution in [0, 0.1) is 57.2 Å². The minimum absolute atomic E-state index is 0.764. The maximum atomic E-state index is 2.69. The third-order valence-electron chi connectivity index (χ3n) is 10.4. The third kappa shape index (κ3) is 0.280. The van der Waals surface area contributed by atoms with Crippen molar-refractivity contribution in [3.63, 3.8) is 0 Å². The molecule has 86 valence electrons. The van der Waals surface area contributed by atoms with E-state index < -0.39 is 0 Å². The molecule has 0 radical (unpaired) electrons. The Morgan fingerprint density at radius 2 is 1.06 bits per heavy atom. The number of hydrogen-bond acceptors (Lipinski definition) is 0. The standard InChI is InChI=1S/C16H22/c1-7-9-5-11-12-6-10-8(2)14(4)13(7,3)15(9,11)16(10,12)14/h7-12H,5-6H2,1-4H3. The number of rotatable bonds is 0. The Labute approximate surface area is 98.2 Å². The van der Waals surface area contributed by atoms with E-state index in [-0.39, 0.29) is 0 Å². The minimum atomic E-state index is 0.764. The molecule has 0 heterocycles. The van der Waals surface area contributed by atoms with Gasteiger partial charge in [0.2, 0.25) is 0 Å². The normalized spacial score (nSPS) is 92.2. The monoisotopic (exact) mass is 214 g/mol. The van der Waals surface area contributed by atoms with Gasteiger partial charge in [0.05, 0.1) is 0 Å². The van der Waals surface area contributed by atoms with E-state index in [0.717, 1.165) is 33.5 Å². The summed E-state index contributed by atoms with van der Waals surface area (Å²) in [6.45, 7) is 10.5. The molecule has 6 rings (SSSR count). The zero-order chi connectivity index (χ0) is 10.9. The van der Waals surface area contributed by atoms with Crippen LogP contribution < -0.4 is 0 Å². The molecule has 10 atom stereocenters. The summed E-state index contributed by atoms with van der Waals surface area (Å²) in [5.74, 6) is 6.84. The van der Waals surface area contributed by atoms with Crippen molar-refractivity contribution in [3.05, 3.63) is 0 Å². The lowest BCUT2D eigenvalue weighted by atomic mass is 8.89. The van der Waals surface area contributed by atoms with Gasteiger partial charge in [-0.05, 0) is 70.0 Å². The predicted octanol–water partition coefficient (Wildman–Crippen LogP) is 3.57. The Morgan fingerprint density at radius 1 is 0.688 bits per heavy atom. The summed E-state index contributed by atoms with van der Waals surface area (Å²) >= 11 is 0. The summed E-state index contributed by atoms with van der Waals surface area (Å²) in [6, 6.07) is 0. The first-order valence-corrected chi connectivity index (χ1v) is 7.52. The highest BCUT2D eigenvalue weighted by Gasteiger charge is 3.11. The van der Waals surface area contributed by atoms with Crippen LogP contribution >= 0.6 is 0 Å². The molecule has 0 N–H and O–H groups in total. The lowest BCUT2D eigenvalue weighted by molar-refractivity contribution is -0.683. The van der Waals surface area contributed by atoms with Crippen molar-refractivity contribution in [2.75, 3.05) is 0 Å². The number of hydrogen-bond donors (Lipinski definition) is 0. The summed E-state index contributed by atoms with van der Waals surface area (Å²) in [5.41, 5.74) is 3.38. The molecule has 6 aliphatic carbocycles. The lowest BCUT2D eigenvalue weighted by Crippen LogP contribution is -3.11. The van der Waals surface area contributed by atoms with Crippen LogP contribution in [0.4, 0.5) is 0 Å². The summed E-state index contributed by atoms with van der Waals surface area (Å²) < 4.78 is 0. The van der Waals surface area contributed by atoms with Gasteiger partial charge >= 0.3 is 0 Å². The molecule has 16 heavy (non-hydrogen) atoms. The second-order valence-electron chi connectivity index (χ2n) is 8.62. The quantitative estimate of drug-likeness (QED) is 0.578. The molecular formula is C16H22. The van der Waals surface area contributed by atoms with Gasteiger partial charge in [-0.3, -0.25) is 0 Å². The highest BCUT2D eigenvalue weighted by Crippen LogP contribution is 3.15. The Morgan fingerprint density at radius 3 is 1.44 bits per heavy atom. The lowest BCUT2D eigenvalue weighted by Gasteiger charge is -3.15. The van der Waals surface area contributed by atoms with E-state index in [1.165, 1.54) is 23.7 Å². The fourth-order valence-corrected chi connectivity index (χ4v) is 10.3. The van der Waals surface area contributed by atoms with E-state index in [1.807, 2.05) is 0 Å². The Balaban J connectivity index is 1.66. The maximum absolute atomic E-state index is 2.69. The van der Waals surface area contributed by atoms with Gasteiger partial charge in [-0.25, -0.2) is 0 Å². The summed E-state index contributed by atoms with van der Waals surface area (Å²) in [5, 5.41) is 0. The Hall–Kier alpha value is 0. The van der Waals surface area contributed by atoms with Crippen molar-refractivity contribution in [2.24, 2.45) is 57.2 Å². The molecule has 2 spiro atoms. The maximum Gasteiger partial charge on any atom is -0.0106 e. The molecule has 0 aliphatic heterocycles. The van der Waals surface area contributed by atoms with Crippen LogP contribution in [0.25, 0.3) is 0 Å². The van der Waals surface area contributed by atoms with E-state index in [0.29, 0.717) is 0 Å². The third-order valence-corrected chi connectivity index (χ3v) is 10.4. The van der Waals surface area contributed by atoms with E-state index in [4.69, 9.17) is 0 Å². The molecule has 0 amide bonds. The summed E-state index contributed by atoms with van der Waals surface area (Å²) in [7, 11) is 0. The van der Waals surface area contributed by atoms with Crippen LogP contribution in [0.1, 0.15) is 40.5 Å². The predicted molar refractivity (Wildman–Crippen MR) is 62.6 cm³/mol. The Kier molecular flexibility index (Phi) is 0.775. The molecule has 6 fully saturated rings. The van der Waals surface area contributed by atoms with Crippen LogP contribution in [-0.4, -0.2) is 0 Å². The first-order chi connectivity index (χ1) is 7.52. The molecule has 0 heteroatoms. The molecule has 6 aliphatic rings. The molecule has 0 aromatic carbocycles. The van der Waals surface area contributed by atoms with E-state index >= 15 is 0 Å². The van der Waals surface area contributed by atoms with Gasteiger partial charge in [0.1, 0.15) is 0 Å². The zero-order valence-corrected chi connectivity index (χ0v) is 10.9. The van der Waals surface area contributed by atoms with Gasteiger partial charge in [-0.15, -0.1) is 0 Å². The highest BCUT2D eigenvalue weighted by molar-refractivity contribution is 5.57. The van der Waals surface area contributed by atoms with Gasteiger partial charge in [-0.1, -0.05) is 27.7 Å².